The van der Waals surface area contributed by atoms with Gasteiger partial charge in [0.25, 0.3) is 0 Å². The molecule has 1 heterocycles. The minimum Gasteiger partial charge on any atom is -0.380 e. The first-order chi connectivity index (χ1) is 10.1. The van der Waals surface area contributed by atoms with Crippen molar-refractivity contribution >= 4 is 21.7 Å². The van der Waals surface area contributed by atoms with E-state index < -0.39 is 11.6 Å². The van der Waals surface area contributed by atoms with Gasteiger partial charge in [0.1, 0.15) is 11.6 Å². The Morgan fingerprint density at radius 2 is 1.81 bits per heavy atom. The number of anilines is 1. The third-order valence-corrected chi connectivity index (χ3v) is 3.73. The first kappa shape index (κ1) is 13.8. The predicted molar refractivity (Wildman–Crippen MR) is 79.4 cm³/mol. The van der Waals surface area contributed by atoms with Gasteiger partial charge in [-0.25, -0.2) is 8.78 Å². The van der Waals surface area contributed by atoms with Gasteiger partial charge in [0, 0.05) is 15.6 Å². The lowest BCUT2D eigenvalue weighted by atomic mass is 10.0. The number of nitrogen functional groups attached to an aromatic ring is 1. The van der Waals surface area contributed by atoms with E-state index in [1.54, 1.807) is 18.2 Å². The topological polar surface area (TPSA) is 52.0 Å². The quantitative estimate of drug-likeness (QED) is 0.732. The van der Waals surface area contributed by atoms with Crippen LogP contribution in [-0.4, -0.2) is 5.16 Å². The summed E-state index contributed by atoms with van der Waals surface area (Å²) in [4.78, 5) is 0. The largest absolute Gasteiger partial charge is 0.380 e. The van der Waals surface area contributed by atoms with Crippen LogP contribution in [0.2, 0.25) is 0 Å². The molecule has 0 atom stereocenters. The van der Waals surface area contributed by atoms with E-state index in [4.69, 9.17) is 10.3 Å². The van der Waals surface area contributed by atoms with Crippen LogP contribution >= 0.6 is 15.9 Å². The molecule has 0 saturated carbocycles. The Bertz CT molecular complexity index is 817. The molecule has 2 aromatic carbocycles. The molecule has 0 spiro atoms. The number of rotatable bonds is 2. The fourth-order valence-corrected chi connectivity index (χ4v) is 2.51. The van der Waals surface area contributed by atoms with Gasteiger partial charge in [0.15, 0.2) is 11.6 Å². The molecular formula is C15H9BrF2N2O. The van der Waals surface area contributed by atoms with Crippen LogP contribution in [0.5, 0.6) is 0 Å². The Kier molecular flexibility index (Phi) is 3.47. The highest BCUT2D eigenvalue weighted by Gasteiger charge is 2.22. The van der Waals surface area contributed by atoms with E-state index >= 15 is 0 Å². The molecule has 3 rings (SSSR count). The highest BCUT2D eigenvalue weighted by atomic mass is 79.9. The second-order valence-electron chi connectivity index (χ2n) is 4.38. The van der Waals surface area contributed by atoms with Crippen LogP contribution in [0, 0.1) is 11.6 Å². The number of hydrogen-bond acceptors (Lipinski definition) is 3. The van der Waals surface area contributed by atoms with Crippen molar-refractivity contribution in [2.75, 3.05) is 5.73 Å². The fourth-order valence-electron chi connectivity index (χ4n) is 2.08. The Balaban J connectivity index is 2.27. The van der Waals surface area contributed by atoms with Gasteiger partial charge in [-0.05, 0) is 24.3 Å². The first-order valence-corrected chi connectivity index (χ1v) is 6.82. The van der Waals surface area contributed by atoms with E-state index in [0.29, 0.717) is 15.6 Å². The molecule has 0 amide bonds. The Labute approximate surface area is 127 Å². The highest BCUT2D eigenvalue weighted by Crippen LogP contribution is 2.40. The molecule has 2 N–H and O–H groups in total. The molecule has 6 heteroatoms. The summed E-state index contributed by atoms with van der Waals surface area (Å²) in [6.45, 7) is 0. The van der Waals surface area contributed by atoms with Gasteiger partial charge in [-0.2, -0.15) is 0 Å². The molecule has 0 aliphatic carbocycles. The van der Waals surface area contributed by atoms with Gasteiger partial charge >= 0.3 is 0 Å². The third-order valence-electron chi connectivity index (χ3n) is 3.03. The molecule has 3 aromatic rings. The Hall–Kier alpha value is -2.21. The first-order valence-electron chi connectivity index (χ1n) is 6.03. The van der Waals surface area contributed by atoms with Crippen molar-refractivity contribution in [1.29, 1.82) is 0 Å². The number of aromatic nitrogens is 1. The van der Waals surface area contributed by atoms with Crippen molar-refractivity contribution in [1.82, 2.24) is 5.16 Å². The summed E-state index contributed by atoms with van der Waals surface area (Å²) in [6, 6.07) is 10.2. The van der Waals surface area contributed by atoms with E-state index in [9.17, 15) is 8.78 Å². The number of nitrogens with zero attached hydrogens (tertiary/aromatic N) is 1. The second-order valence-corrected chi connectivity index (χ2v) is 5.23. The molecule has 0 saturated heterocycles. The zero-order valence-electron chi connectivity index (χ0n) is 10.6. The standard InChI is InChI=1S/C15H9BrF2N2O/c16-11-6-5-8(17)7-10(11)14-13(15(19)20-21-14)9-3-1-2-4-12(9)18/h1-7H,(H2,19,20). The second kappa shape index (κ2) is 5.29. The van der Waals surface area contributed by atoms with Crippen molar-refractivity contribution in [3.05, 3.63) is 58.6 Å². The minimum absolute atomic E-state index is 0.0475. The van der Waals surface area contributed by atoms with E-state index in [1.807, 2.05) is 0 Å². The molecule has 1 aromatic heterocycles. The highest BCUT2D eigenvalue weighted by molar-refractivity contribution is 9.10. The van der Waals surface area contributed by atoms with Crippen molar-refractivity contribution in [3.8, 4) is 22.5 Å². The van der Waals surface area contributed by atoms with Gasteiger partial charge in [-0.3, -0.25) is 0 Å². The average molecular weight is 351 g/mol. The molecule has 21 heavy (non-hydrogen) atoms. The summed E-state index contributed by atoms with van der Waals surface area (Å²) in [5.41, 5.74) is 6.76. The van der Waals surface area contributed by atoms with Crippen molar-refractivity contribution in [2.45, 2.75) is 0 Å². The molecule has 0 radical (unpaired) electrons. The zero-order chi connectivity index (χ0) is 15.0. The van der Waals surface area contributed by atoms with E-state index in [1.165, 1.54) is 24.3 Å². The smallest absolute Gasteiger partial charge is 0.178 e. The van der Waals surface area contributed by atoms with Gasteiger partial charge in [0.2, 0.25) is 0 Å². The summed E-state index contributed by atoms with van der Waals surface area (Å²) in [6.07, 6.45) is 0. The fraction of sp³-hybridized carbons (Fsp3) is 0. The van der Waals surface area contributed by atoms with Crippen molar-refractivity contribution in [3.63, 3.8) is 0 Å². The van der Waals surface area contributed by atoms with Crippen LogP contribution in [0.25, 0.3) is 22.5 Å². The summed E-state index contributed by atoms with van der Waals surface area (Å²) in [5.74, 6) is -0.640. The molecule has 0 unspecified atom stereocenters. The van der Waals surface area contributed by atoms with Gasteiger partial charge < -0.3 is 10.3 Å². The summed E-state index contributed by atoms with van der Waals surface area (Å²) in [5, 5.41) is 3.67. The summed E-state index contributed by atoms with van der Waals surface area (Å²) < 4.78 is 33.2. The number of benzene rings is 2. The normalized spacial score (nSPS) is 10.8. The predicted octanol–water partition coefficient (Wildman–Crippen LogP) is 4.63. The molecule has 0 bridgehead atoms. The summed E-state index contributed by atoms with van der Waals surface area (Å²) >= 11 is 3.31. The monoisotopic (exact) mass is 350 g/mol. The number of hydrogen-bond donors (Lipinski definition) is 1. The molecule has 0 aliphatic heterocycles. The maximum atomic E-state index is 14.0. The number of halogens is 3. The molecule has 3 nitrogen and oxygen atoms in total. The maximum Gasteiger partial charge on any atom is 0.178 e. The van der Waals surface area contributed by atoms with Crippen molar-refractivity contribution < 1.29 is 13.3 Å². The van der Waals surface area contributed by atoms with Crippen LogP contribution in [0.4, 0.5) is 14.6 Å². The van der Waals surface area contributed by atoms with Gasteiger partial charge in [-0.15, -0.1) is 0 Å². The maximum absolute atomic E-state index is 14.0. The van der Waals surface area contributed by atoms with Gasteiger partial charge in [0.05, 0.1) is 5.56 Å². The van der Waals surface area contributed by atoms with Crippen LogP contribution in [-0.2, 0) is 0 Å². The SMILES string of the molecule is Nc1noc(-c2cc(F)ccc2Br)c1-c1ccccc1F. The van der Waals surface area contributed by atoms with Crippen molar-refractivity contribution in [2.24, 2.45) is 0 Å². The lowest BCUT2D eigenvalue weighted by Gasteiger charge is -2.06. The zero-order valence-corrected chi connectivity index (χ0v) is 12.2. The van der Waals surface area contributed by atoms with E-state index in [-0.39, 0.29) is 17.1 Å². The number of nitrogens with two attached hydrogens (primary N) is 1. The van der Waals surface area contributed by atoms with Crippen LogP contribution < -0.4 is 5.73 Å². The Morgan fingerprint density at radius 1 is 1.05 bits per heavy atom. The van der Waals surface area contributed by atoms with E-state index in [2.05, 4.69) is 21.1 Å². The molecule has 106 valence electrons. The van der Waals surface area contributed by atoms with Crippen LogP contribution in [0.15, 0.2) is 51.5 Å². The third kappa shape index (κ3) is 2.42. The minimum atomic E-state index is -0.457. The summed E-state index contributed by atoms with van der Waals surface area (Å²) in [7, 11) is 0. The van der Waals surface area contributed by atoms with Gasteiger partial charge in [-0.1, -0.05) is 39.3 Å². The molecule has 0 fully saturated rings. The lowest BCUT2D eigenvalue weighted by Crippen LogP contribution is -1.92. The molecule has 0 aliphatic rings. The molecular weight excluding hydrogens is 342 g/mol. The van der Waals surface area contributed by atoms with Crippen LogP contribution in [0.3, 0.4) is 0 Å². The van der Waals surface area contributed by atoms with Crippen LogP contribution in [0.1, 0.15) is 0 Å². The average Bonchev–Trinajstić information content (AvgIpc) is 2.84. The van der Waals surface area contributed by atoms with E-state index in [0.717, 1.165) is 0 Å². The Morgan fingerprint density at radius 3 is 2.57 bits per heavy atom. The lowest BCUT2D eigenvalue weighted by molar-refractivity contribution is 0.435.